The van der Waals surface area contributed by atoms with Crippen molar-refractivity contribution in [3.63, 3.8) is 0 Å². The number of nitrogens with two attached hydrogens (primary N) is 2. The van der Waals surface area contributed by atoms with Crippen LogP contribution in [0.25, 0.3) is 12.2 Å². The van der Waals surface area contributed by atoms with Gasteiger partial charge in [-0.2, -0.15) is 26.3 Å². The molecule has 4 aromatic carbocycles. The molecule has 4 nitrogen and oxygen atoms in total. The molecule has 10 heteroatoms. The third-order valence-electron chi connectivity index (χ3n) is 6.45. The highest BCUT2D eigenvalue weighted by Gasteiger charge is 2.72. The number of halogens is 6. The zero-order chi connectivity index (χ0) is 29.7. The lowest BCUT2D eigenvalue weighted by atomic mass is 9.72. The predicted molar refractivity (Wildman–Crippen MR) is 153 cm³/mol. The summed E-state index contributed by atoms with van der Waals surface area (Å²) in [5.41, 5.74) is 6.68. The van der Waals surface area contributed by atoms with Crippen molar-refractivity contribution < 1.29 is 26.3 Å². The molecule has 4 aromatic rings. The van der Waals surface area contributed by atoms with Gasteiger partial charge in [-0.3, -0.25) is 0 Å². The SMILES string of the molecule is Nc1cc(C(c2ccc(NC=Cc3ccccc3)c(N)c2)(C(F)(F)F)C(F)(F)F)ccc1NC=Cc1ccccc1. The molecule has 0 saturated heterocycles. The van der Waals surface area contributed by atoms with E-state index < -0.39 is 28.9 Å². The molecule has 41 heavy (non-hydrogen) atoms. The number of rotatable bonds is 8. The van der Waals surface area contributed by atoms with Crippen molar-refractivity contribution in [3.8, 4) is 0 Å². The van der Waals surface area contributed by atoms with Gasteiger partial charge in [0.1, 0.15) is 0 Å². The van der Waals surface area contributed by atoms with Crippen LogP contribution in [0.5, 0.6) is 0 Å². The van der Waals surface area contributed by atoms with Crippen molar-refractivity contribution in [2.75, 3.05) is 22.1 Å². The summed E-state index contributed by atoms with van der Waals surface area (Å²) in [6.07, 6.45) is -5.24. The molecule has 0 fully saturated rings. The first kappa shape index (κ1) is 29.1. The van der Waals surface area contributed by atoms with Crippen LogP contribution in [0.4, 0.5) is 49.1 Å². The quantitative estimate of drug-likeness (QED) is 0.127. The van der Waals surface area contributed by atoms with Crippen molar-refractivity contribution in [2.24, 2.45) is 0 Å². The zero-order valence-electron chi connectivity index (χ0n) is 21.5. The molecule has 4 rings (SSSR count). The Morgan fingerprint density at radius 3 is 1.20 bits per heavy atom. The summed E-state index contributed by atoms with van der Waals surface area (Å²) in [4.78, 5) is 0. The van der Waals surface area contributed by atoms with Gasteiger partial charge < -0.3 is 22.1 Å². The minimum absolute atomic E-state index is 0.142. The summed E-state index contributed by atoms with van der Waals surface area (Å²) < 4.78 is 87.8. The van der Waals surface area contributed by atoms with E-state index >= 15 is 0 Å². The maximum absolute atomic E-state index is 14.6. The van der Waals surface area contributed by atoms with Crippen LogP contribution in [0.1, 0.15) is 22.3 Å². The Morgan fingerprint density at radius 1 is 0.512 bits per heavy atom. The molecule has 0 spiro atoms. The van der Waals surface area contributed by atoms with E-state index in [0.29, 0.717) is 12.1 Å². The van der Waals surface area contributed by atoms with Crippen LogP contribution >= 0.6 is 0 Å². The molecule has 0 radical (unpaired) electrons. The van der Waals surface area contributed by atoms with Crippen molar-refractivity contribution in [1.82, 2.24) is 0 Å². The van der Waals surface area contributed by atoms with Gasteiger partial charge in [0.25, 0.3) is 0 Å². The Kier molecular flexibility index (Phi) is 8.32. The molecule has 0 aromatic heterocycles. The molecule has 0 aliphatic carbocycles. The molecule has 0 saturated carbocycles. The first-order chi connectivity index (χ1) is 19.4. The fraction of sp³-hybridized carbons (Fsp3) is 0.0968. The highest BCUT2D eigenvalue weighted by atomic mass is 19.4. The summed E-state index contributed by atoms with van der Waals surface area (Å²) in [6, 6.07) is 23.2. The first-order valence-corrected chi connectivity index (χ1v) is 12.3. The maximum Gasteiger partial charge on any atom is 0.411 e. The van der Waals surface area contributed by atoms with Crippen LogP contribution in [0.3, 0.4) is 0 Å². The number of hydrogen-bond donors (Lipinski definition) is 4. The lowest BCUT2D eigenvalue weighted by molar-refractivity contribution is -0.288. The van der Waals surface area contributed by atoms with Gasteiger partial charge in [0.05, 0.1) is 22.7 Å². The Labute approximate surface area is 233 Å². The molecule has 0 heterocycles. The lowest BCUT2D eigenvalue weighted by Gasteiger charge is -2.38. The number of hydrogen-bond acceptors (Lipinski definition) is 4. The van der Waals surface area contributed by atoms with Gasteiger partial charge in [0.2, 0.25) is 5.41 Å². The number of nitrogens with one attached hydrogen (secondary N) is 2. The Hall–Kier alpha value is -4.86. The minimum Gasteiger partial charge on any atom is -0.397 e. The van der Waals surface area contributed by atoms with Crippen LogP contribution in [-0.4, -0.2) is 12.4 Å². The van der Waals surface area contributed by atoms with Crippen molar-refractivity contribution >= 4 is 34.9 Å². The normalized spacial score (nSPS) is 12.6. The second-order valence-electron chi connectivity index (χ2n) is 9.13. The summed E-state index contributed by atoms with van der Waals surface area (Å²) >= 11 is 0. The Bertz CT molecular complexity index is 1410. The van der Waals surface area contributed by atoms with Gasteiger partial charge in [-0.1, -0.05) is 72.8 Å². The molecule has 212 valence electrons. The van der Waals surface area contributed by atoms with Crippen LogP contribution in [0, 0.1) is 0 Å². The largest absolute Gasteiger partial charge is 0.411 e. The van der Waals surface area contributed by atoms with E-state index in [4.69, 9.17) is 11.5 Å². The third-order valence-corrected chi connectivity index (χ3v) is 6.45. The van der Waals surface area contributed by atoms with E-state index in [1.54, 1.807) is 12.2 Å². The van der Waals surface area contributed by atoms with Gasteiger partial charge in [0.15, 0.2) is 0 Å². The topological polar surface area (TPSA) is 76.1 Å². The van der Waals surface area contributed by atoms with E-state index in [-0.39, 0.29) is 22.7 Å². The van der Waals surface area contributed by atoms with E-state index in [2.05, 4.69) is 10.6 Å². The summed E-state index contributed by atoms with van der Waals surface area (Å²) in [6.45, 7) is 0. The van der Waals surface area contributed by atoms with Crippen molar-refractivity contribution in [3.05, 3.63) is 132 Å². The van der Waals surface area contributed by atoms with Crippen LogP contribution in [0.15, 0.2) is 109 Å². The second-order valence-corrected chi connectivity index (χ2v) is 9.13. The lowest BCUT2D eigenvalue weighted by Crippen LogP contribution is -2.54. The fourth-order valence-corrected chi connectivity index (χ4v) is 4.42. The predicted octanol–water partition coefficient (Wildman–Crippen LogP) is 8.43. The Morgan fingerprint density at radius 2 is 0.878 bits per heavy atom. The van der Waals surface area contributed by atoms with Crippen LogP contribution in [0.2, 0.25) is 0 Å². The first-order valence-electron chi connectivity index (χ1n) is 12.3. The molecule has 0 atom stereocenters. The molecule has 0 unspecified atom stereocenters. The second kappa shape index (κ2) is 11.7. The summed E-state index contributed by atoms with van der Waals surface area (Å²) in [5, 5.41) is 5.60. The minimum atomic E-state index is -5.78. The smallest absolute Gasteiger partial charge is 0.397 e. The standard InChI is InChI=1S/C31H26F6N4/c32-30(33,34)29(31(35,36)37,23-11-13-27(25(38)19-23)40-17-15-21-7-3-1-4-8-21)24-12-14-28(26(39)20-24)41-18-16-22-9-5-2-6-10-22/h1-20,40-41H,38-39H2. The average molecular weight is 569 g/mol. The molecule has 6 N–H and O–H groups in total. The van der Waals surface area contributed by atoms with Crippen LogP contribution in [-0.2, 0) is 5.41 Å². The van der Waals surface area contributed by atoms with E-state index in [9.17, 15) is 26.3 Å². The third kappa shape index (κ3) is 6.16. The van der Waals surface area contributed by atoms with E-state index in [1.165, 1.54) is 12.4 Å². The molecule has 0 aliphatic heterocycles. The zero-order valence-corrected chi connectivity index (χ0v) is 21.5. The molecular weight excluding hydrogens is 542 g/mol. The van der Waals surface area contributed by atoms with Crippen LogP contribution < -0.4 is 22.1 Å². The summed E-state index contributed by atoms with van der Waals surface area (Å²) in [7, 11) is 0. The highest BCUT2D eigenvalue weighted by molar-refractivity contribution is 5.73. The molecule has 0 amide bonds. The number of anilines is 4. The molecular formula is C31H26F6N4. The molecule has 0 aliphatic rings. The monoisotopic (exact) mass is 568 g/mol. The average Bonchev–Trinajstić information content (AvgIpc) is 2.91. The highest BCUT2D eigenvalue weighted by Crippen LogP contribution is 2.57. The molecule has 0 bridgehead atoms. The summed E-state index contributed by atoms with van der Waals surface area (Å²) in [5.74, 6) is 0. The Balaban J connectivity index is 1.70. The number of alkyl halides is 6. The van der Waals surface area contributed by atoms with Gasteiger partial charge in [-0.25, -0.2) is 0 Å². The maximum atomic E-state index is 14.6. The van der Waals surface area contributed by atoms with Crippen molar-refractivity contribution in [1.29, 1.82) is 0 Å². The van der Waals surface area contributed by atoms with E-state index in [1.807, 2.05) is 60.7 Å². The van der Waals surface area contributed by atoms with Gasteiger partial charge >= 0.3 is 12.4 Å². The fourth-order valence-electron chi connectivity index (χ4n) is 4.42. The van der Waals surface area contributed by atoms with Gasteiger partial charge in [-0.05, 0) is 58.7 Å². The number of nitrogen functional groups attached to an aromatic ring is 2. The van der Waals surface area contributed by atoms with Gasteiger partial charge in [0, 0.05) is 12.4 Å². The van der Waals surface area contributed by atoms with Crippen molar-refractivity contribution in [2.45, 2.75) is 17.8 Å². The van der Waals surface area contributed by atoms with E-state index in [0.717, 1.165) is 35.4 Å². The van der Waals surface area contributed by atoms with Gasteiger partial charge in [-0.15, -0.1) is 0 Å². The number of benzene rings is 4.